The van der Waals surface area contributed by atoms with Crippen LogP contribution in [0.4, 0.5) is 4.39 Å². The lowest BCUT2D eigenvalue weighted by Gasteiger charge is -2.33. The minimum absolute atomic E-state index is 0.587. The molecule has 0 aromatic rings. The Morgan fingerprint density at radius 2 is 2.00 bits per heavy atom. The first-order chi connectivity index (χ1) is 7.68. The first-order valence-electron chi connectivity index (χ1n) is 6.34. The molecule has 2 aliphatic rings. The van der Waals surface area contributed by atoms with Crippen LogP contribution in [0.3, 0.4) is 0 Å². The molecule has 3 heteroatoms. The molecule has 1 saturated carbocycles. The van der Waals surface area contributed by atoms with Gasteiger partial charge in [-0.25, -0.2) is 4.39 Å². The Morgan fingerprint density at radius 3 is 2.75 bits per heavy atom. The number of rotatable bonds is 2. The van der Waals surface area contributed by atoms with Crippen molar-refractivity contribution in [1.82, 2.24) is 4.90 Å². The smallest absolute Gasteiger partial charge is 0.124 e. The Kier molecular flexibility index (Phi) is 3.98. The van der Waals surface area contributed by atoms with Gasteiger partial charge in [0, 0.05) is 19.6 Å². The van der Waals surface area contributed by atoms with Gasteiger partial charge in [0.1, 0.15) is 5.67 Å². The summed E-state index contributed by atoms with van der Waals surface area (Å²) >= 11 is 0. The van der Waals surface area contributed by atoms with E-state index in [1.165, 1.54) is 5.57 Å². The maximum absolute atomic E-state index is 14.7. The van der Waals surface area contributed by atoms with Crippen molar-refractivity contribution >= 4 is 0 Å². The van der Waals surface area contributed by atoms with E-state index >= 15 is 0 Å². The number of allylic oxidation sites excluding steroid dienone is 1. The van der Waals surface area contributed by atoms with Gasteiger partial charge >= 0.3 is 0 Å². The highest BCUT2D eigenvalue weighted by molar-refractivity contribution is 5.01. The van der Waals surface area contributed by atoms with E-state index in [9.17, 15) is 4.39 Å². The van der Waals surface area contributed by atoms with E-state index in [1.54, 1.807) is 0 Å². The van der Waals surface area contributed by atoms with Gasteiger partial charge in [-0.1, -0.05) is 12.2 Å². The van der Waals surface area contributed by atoms with E-state index in [0.29, 0.717) is 19.4 Å². The highest BCUT2D eigenvalue weighted by Gasteiger charge is 2.33. The maximum atomic E-state index is 14.7. The van der Waals surface area contributed by atoms with E-state index < -0.39 is 5.67 Å². The van der Waals surface area contributed by atoms with Gasteiger partial charge in [0.2, 0.25) is 0 Å². The average molecular weight is 227 g/mol. The first-order valence-corrected chi connectivity index (χ1v) is 6.34. The van der Waals surface area contributed by atoms with Gasteiger partial charge in [0.25, 0.3) is 0 Å². The summed E-state index contributed by atoms with van der Waals surface area (Å²) < 4.78 is 20.0. The number of ether oxygens (including phenoxy) is 1. The zero-order valence-electron chi connectivity index (χ0n) is 10.0. The Labute approximate surface area is 97.5 Å². The van der Waals surface area contributed by atoms with Gasteiger partial charge in [-0.05, 0) is 32.1 Å². The number of hydrogen-bond acceptors (Lipinski definition) is 2. The fourth-order valence-electron chi connectivity index (χ4n) is 2.62. The number of halogens is 1. The summed E-state index contributed by atoms with van der Waals surface area (Å²) in [6, 6.07) is 0. The fraction of sp³-hybridized carbons (Fsp3) is 0.846. The van der Waals surface area contributed by atoms with Gasteiger partial charge in [-0.2, -0.15) is 0 Å². The predicted octanol–water partition coefficient (Wildman–Crippen LogP) is 2.55. The lowest BCUT2D eigenvalue weighted by atomic mass is 9.95. The molecular weight excluding hydrogens is 205 g/mol. The van der Waals surface area contributed by atoms with Crippen LogP contribution in [0, 0.1) is 0 Å². The Bertz CT molecular complexity index is 250. The van der Waals surface area contributed by atoms with Gasteiger partial charge in [-0.15, -0.1) is 0 Å². The maximum Gasteiger partial charge on any atom is 0.124 e. The van der Waals surface area contributed by atoms with Gasteiger partial charge in [-0.3, -0.25) is 4.90 Å². The zero-order valence-corrected chi connectivity index (χ0v) is 10.0. The van der Waals surface area contributed by atoms with Crippen molar-refractivity contribution < 1.29 is 9.13 Å². The quantitative estimate of drug-likeness (QED) is 0.531. The SMILES string of the molecule is C=C1CCCC(F)(CN2CCOCC2)CC1. The van der Waals surface area contributed by atoms with E-state index in [0.717, 1.165) is 45.6 Å². The molecule has 1 heterocycles. The first kappa shape index (κ1) is 12.1. The van der Waals surface area contributed by atoms with Crippen LogP contribution in [0.2, 0.25) is 0 Å². The molecule has 2 nitrogen and oxygen atoms in total. The van der Waals surface area contributed by atoms with Crippen LogP contribution < -0.4 is 0 Å². The van der Waals surface area contributed by atoms with Crippen molar-refractivity contribution in [1.29, 1.82) is 0 Å². The largest absolute Gasteiger partial charge is 0.379 e. The summed E-state index contributed by atoms with van der Waals surface area (Å²) in [5.41, 5.74) is 0.234. The molecule has 0 aromatic heterocycles. The Hall–Kier alpha value is -0.410. The third-order valence-electron chi connectivity index (χ3n) is 3.69. The van der Waals surface area contributed by atoms with Crippen LogP contribution in [0.25, 0.3) is 0 Å². The van der Waals surface area contributed by atoms with E-state index in [4.69, 9.17) is 4.74 Å². The summed E-state index contributed by atoms with van der Waals surface area (Å²) in [4.78, 5) is 2.21. The second-order valence-corrected chi connectivity index (χ2v) is 5.14. The molecule has 0 N–H and O–H groups in total. The highest BCUT2D eigenvalue weighted by atomic mass is 19.1. The van der Waals surface area contributed by atoms with Crippen LogP contribution in [0.15, 0.2) is 12.2 Å². The van der Waals surface area contributed by atoms with Crippen molar-refractivity contribution in [2.75, 3.05) is 32.8 Å². The summed E-state index contributed by atoms with van der Waals surface area (Å²) in [6.45, 7) is 7.84. The minimum atomic E-state index is -0.989. The van der Waals surface area contributed by atoms with E-state index in [1.807, 2.05) is 0 Å². The van der Waals surface area contributed by atoms with E-state index in [2.05, 4.69) is 11.5 Å². The van der Waals surface area contributed by atoms with Crippen LogP contribution in [0.5, 0.6) is 0 Å². The molecule has 0 spiro atoms. The fourth-order valence-corrected chi connectivity index (χ4v) is 2.62. The zero-order chi connectivity index (χ0) is 11.4. The normalized spacial score (nSPS) is 33.7. The number of nitrogens with zero attached hydrogens (tertiary/aromatic N) is 1. The van der Waals surface area contributed by atoms with Gasteiger partial charge in [0.05, 0.1) is 13.2 Å². The molecule has 1 unspecified atom stereocenters. The molecule has 1 saturated heterocycles. The second kappa shape index (κ2) is 5.28. The standard InChI is InChI=1S/C13H22FNO/c1-12-3-2-5-13(14,6-4-12)11-15-7-9-16-10-8-15/h1-11H2. The molecule has 16 heavy (non-hydrogen) atoms. The molecule has 0 amide bonds. The van der Waals surface area contributed by atoms with Crippen molar-refractivity contribution in [2.24, 2.45) is 0 Å². The topological polar surface area (TPSA) is 12.5 Å². The molecule has 1 aliphatic heterocycles. The van der Waals surface area contributed by atoms with Crippen LogP contribution in [0.1, 0.15) is 32.1 Å². The third-order valence-corrected chi connectivity index (χ3v) is 3.69. The molecule has 92 valence electrons. The molecule has 1 atom stereocenters. The molecular formula is C13H22FNO. The third kappa shape index (κ3) is 3.29. The Morgan fingerprint density at radius 1 is 1.25 bits per heavy atom. The number of morpholine rings is 1. The molecule has 2 fully saturated rings. The van der Waals surface area contributed by atoms with E-state index in [-0.39, 0.29) is 0 Å². The van der Waals surface area contributed by atoms with Crippen molar-refractivity contribution in [3.8, 4) is 0 Å². The van der Waals surface area contributed by atoms with Gasteiger partial charge in [0.15, 0.2) is 0 Å². The average Bonchev–Trinajstić information content (AvgIpc) is 2.43. The molecule has 0 radical (unpaired) electrons. The monoisotopic (exact) mass is 227 g/mol. The molecule has 2 rings (SSSR count). The van der Waals surface area contributed by atoms with Crippen molar-refractivity contribution in [2.45, 2.75) is 37.8 Å². The molecule has 1 aliphatic carbocycles. The van der Waals surface area contributed by atoms with Crippen LogP contribution in [-0.4, -0.2) is 43.4 Å². The minimum Gasteiger partial charge on any atom is -0.379 e. The van der Waals surface area contributed by atoms with Gasteiger partial charge < -0.3 is 4.74 Å². The van der Waals surface area contributed by atoms with Crippen LogP contribution in [-0.2, 0) is 4.74 Å². The number of hydrogen-bond donors (Lipinski definition) is 0. The summed E-state index contributed by atoms with van der Waals surface area (Å²) in [7, 11) is 0. The van der Waals surface area contributed by atoms with Crippen LogP contribution >= 0.6 is 0 Å². The van der Waals surface area contributed by atoms with Crippen molar-refractivity contribution in [3.63, 3.8) is 0 Å². The summed E-state index contributed by atoms with van der Waals surface area (Å²) in [5, 5.41) is 0. The molecule has 0 aromatic carbocycles. The van der Waals surface area contributed by atoms with Crippen molar-refractivity contribution in [3.05, 3.63) is 12.2 Å². The lowest BCUT2D eigenvalue weighted by molar-refractivity contribution is 0.00101. The summed E-state index contributed by atoms with van der Waals surface area (Å²) in [6.07, 6.45) is 4.18. The number of alkyl halides is 1. The Balaban J connectivity index is 1.87. The predicted molar refractivity (Wildman–Crippen MR) is 63.3 cm³/mol. The lowest BCUT2D eigenvalue weighted by Crippen LogP contribution is -2.45. The summed E-state index contributed by atoms with van der Waals surface area (Å²) in [5.74, 6) is 0. The highest BCUT2D eigenvalue weighted by Crippen LogP contribution is 2.33. The second-order valence-electron chi connectivity index (χ2n) is 5.14. The molecule has 0 bridgehead atoms.